The van der Waals surface area contributed by atoms with Gasteiger partial charge in [0, 0.05) is 25.6 Å². The molecule has 2 aliphatic rings. The molecule has 146 valence electrons. The minimum Gasteiger partial charge on any atom is -0.379 e. The van der Waals surface area contributed by atoms with Crippen LogP contribution in [0.4, 0.5) is 8.78 Å². The van der Waals surface area contributed by atoms with E-state index in [9.17, 15) is 18.7 Å². The summed E-state index contributed by atoms with van der Waals surface area (Å²) in [6, 6.07) is 5.00. The molecule has 27 heavy (non-hydrogen) atoms. The third-order valence-corrected chi connectivity index (χ3v) is 5.74. The maximum absolute atomic E-state index is 13.6. The van der Waals surface area contributed by atoms with Gasteiger partial charge in [-0.1, -0.05) is 11.6 Å². The molecule has 0 spiro atoms. The van der Waals surface area contributed by atoms with Crippen molar-refractivity contribution in [1.82, 2.24) is 9.72 Å². The molecule has 1 saturated carbocycles. The van der Waals surface area contributed by atoms with Gasteiger partial charge in [0.05, 0.1) is 35.0 Å². The number of rotatable bonds is 4. The van der Waals surface area contributed by atoms with E-state index in [4.69, 9.17) is 16.3 Å². The van der Waals surface area contributed by atoms with Gasteiger partial charge in [-0.25, -0.2) is 8.78 Å². The first-order valence-electron chi connectivity index (χ1n) is 9.05. The van der Waals surface area contributed by atoms with E-state index in [1.807, 2.05) is 0 Å². The summed E-state index contributed by atoms with van der Waals surface area (Å²) in [7, 11) is 0. The van der Waals surface area contributed by atoms with Gasteiger partial charge >= 0.3 is 0 Å². The highest BCUT2D eigenvalue weighted by Crippen LogP contribution is 2.37. The number of hydrogen-bond donors (Lipinski definition) is 2. The van der Waals surface area contributed by atoms with E-state index >= 15 is 0 Å². The Morgan fingerprint density at radius 3 is 2.89 bits per heavy atom. The van der Waals surface area contributed by atoms with Crippen LogP contribution in [0.25, 0.3) is 5.52 Å². The molecule has 1 aliphatic carbocycles. The topological polar surface area (TPSA) is 63.0 Å². The molecule has 2 aromatic rings. The molecule has 2 fully saturated rings. The van der Waals surface area contributed by atoms with E-state index in [1.54, 1.807) is 28.8 Å². The minimum absolute atomic E-state index is 0.0821. The average molecular weight is 399 g/mol. The summed E-state index contributed by atoms with van der Waals surface area (Å²) < 4.78 is 33.9. The van der Waals surface area contributed by atoms with Gasteiger partial charge < -0.3 is 19.6 Å². The first-order valence-corrected chi connectivity index (χ1v) is 9.43. The number of amides is 1. The molecule has 1 unspecified atom stereocenters. The highest BCUT2D eigenvalue weighted by Gasteiger charge is 2.41. The van der Waals surface area contributed by atoms with Gasteiger partial charge in [-0.3, -0.25) is 4.79 Å². The van der Waals surface area contributed by atoms with Crippen LogP contribution in [0.15, 0.2) is 24.4 Å². The number of aromatic nitrogens is 1. The molecule has 0 aromatic carbocycles. The van der Waals surface area contributed by atoms with Crippen LogP contribution >= 0.6 is 11.6 Å². The summed E-state index contributed by atoms with van der Waals surface area (Å²) in [5.41, 5.74) is 0.164. The molecule has 3 heterocycles. The van der Waals surface area contributed by atoms with E-state index in [0.717, 1.165) is 0 Å². The van der Waals surface area contributed by atoms with Crippen LogP contribution in [0.1, 0.15) is 41.7 Å². The number of hydrogen-bond acceptors (Lipinski definition) is 3. The number of nitrogens with zero attached hydrogens (tertiary/aromatic N) is 1. The zero-order chi connectivity index (χ0) is 19.2. The normalized spacial score (nSPS) is 23.8. The van der Waals surface area contributed by atoms with Gasteiger partial charge in [-0.05, 0) is 37.0 Å². The van der Waals surface area contributed by atoms with E-state index in [1.165, 1.54) is 0 Å². The molecule has 1 saturated heterocycles. The van der Waals surface area contributed by atoms with Crippen molar-refractivity contribution in [2.24, 2.45) is 5.92 Å². The second-order valence-corrected chi connectivity index (χ2v) is 7.98. The lowest BCUT2D eigenvalue weighted by atomic mass is 9.86. The molecule has 2 N–H and O–H groups in total. The highest BCUT2D eigenvalue weighted by molar-refractivity contribution is 6.34. The van der Waals surface area contributed by atoms with Gasteiger partial charge in [0.2, 0.25) is 5.92 Å². The third kappa shape index (κ3) is 3.44. The Bertz CT molecular complexity index is 879. The van der Waals surface area contributed by atoms with Crippen molar-refractivity contribution in [2.45, 2.75) is 37.2 Å². The monoisotopic (exact) mass is 398 g/mol. The number of halogens is 3. The smallest absolute Gasteiger partial charge is 0.253 e. The van der Waals surface area contributed by atoms with Gasteiger partial charge in [0.25, 0.3) is 5.91 Å². The zero-order valence-electron chi connectivity index (χ0n) is 14.7. The van der Waals surface area contributed by atoms with Gasteiger partial charge in [0.15, 0.2) is 5.60 Å². The van der Waals surface area contributed by atoms with Crippen LogP contribution < -0.4 is 5.32 Å². The summed E-state index contributed by atoms with van der Waals surface area (Å²) in [5.74, 6) is -3.28. The molecule has 8 heteroatoms. The highest BCUT2D eigenvalue weighted by atomic mass is 35.5. The number of carbonyl (C=O) groups is 1. The average Bonchev–Trinajstić information content (AvgIpc) is 2.98. The number of carbonyl (C=O) groups excluding carboxylic acids is 1. The molecule has 5 nitrogen and oxygen atoms in total. The Kier molecular flexibility index (Phi) is 4.64. The zero-order valence-corrected chi connectivity index (χ0v) is 15.4. The standard InChI is InChI=1S/C19H21ClF2N2O3/c20-14-4-2-6-24-15(18(26)10-27-11-18)7-13(16(14)24)17(25)23-9-12-3-1-5-19(21,22)8-12/h2,4,6-7,12,26H,1,3,5,8-11H2,(H,23,25). The second-order valence-electron chi connectivity index (χ2n) is 7.57. The summed E-state index contributed by atoms with van der Waals surface area (Å²) in [6.45, 7) is 0.479. The molecule has 4 rings (SSSR count). The number of pyridine rings is 1. The van der Waals surface area contributed by atoms with E-state index in [-0.39, 0.29) is 44.4 Å². The third-order valence-electron chi connectivity index (χ3n) is 5.44. The van der Waals surface area contributed by atoms with Crippen LogP contribution in [0, 0.1) is 5.92 Å². The fourth-order valence-corrected chi connectivity index (χ4v) is 4.24. The van der Waals surface area contributed by atoms with Crippen LogP contribution in [-0.4, -0.2) is 41.1 Å². The Morgan fingerprint density at radius 2 is 2.22 bits per heavy atom. The molecule has 1 atom stereocenters. The Balaban J connectivity index is 1.58. The lowest BCUT2D eigenvalue weighted by molar-refractivity contribution is -0.187. The van der Waals surface area contributed by atoms with Gasteiger partial charge in [-0.15, -0.1) is 0 Å². The summed E-state index contributed by atoms with van der Waals surface area (Å²) >= 11 is 6.30. The van der Waals surface area contributed by atoms with E-state index < -0.39 is 11.5 Å². The lowest BCUT2D eigenvalue weighted by Crippen LogP contribution is -2.47. The van der Waals surface area contributed by atoms with E-state index in [2.05, 4.69) is 5.32 Å². The first kappa shape index (κ1) is 18.7. The number of alkyl halides is 2. The second kappa shape index (κ2) is 6.72. The van der Waals surface area contributed by atoms with Crippen LogP contribution in [0.5, 0.6) is 0 Å². The lowest BCUT2D eigenvalue weighted by Gasteiger charge is -2.36. The summed E-state index contributed by atoms with van der Waals surface area (Å²) in [4.78, 5) is 12.8. The molecule has 2 aromatic heterocycles. The minimum atomic E-state index is -2.65. The maximum Gasteiger partial charge on any atom is 0.253 e. The number of nitrogens with one attached hydrogen (secondary N) is 1. The van der Waals surface area contributed by atoms with Crippen molar-refractivity contribution in [3.05, 3.63) is 40.7 Å². The Labute approximate surface area is 160 Å². The summed E-state index contributed by atoms with van der Waals surface area (Å²) in [5, 5.41) is 13.8. The molecular weight excluding hydrogens is 378 g/mol. The predicted octanol–water partition coefficient (Wildman–Crippen LogP) is 3.37. The number of fused-ring (bicyclic) bond motifs is 1. The van der Waals surface area contributed by atoms with Crippen LogP contribution in [-0.2, 0) is 10.3 Å². The Morgan fingerprint density at radius 1 is 1.44 bits per heavy atom. The fourth-order valence-electron chi connectivity index (χ4n) is 3.97. The fraction of sp³-hybridized carbons (Fsp3) is 0.526. The SMILES string of the molecule is O=C(NCC1CCCC(F)(F)C1)c1cc(C2(O)COC2)n2cccc(Cl)c12. The molecule has 0 bridgehead atoms. The maximum atomic E-state index is 13.6. The summed E-state index contributed by atoms with van der Waals surface area (Å²) in [6.07, 6.45) is 2.58. The van der Waals surface area contributed by atoms with Crippen LogP contribution in [0.3, 0.4) is 0 Å². The predicted molar refractivity (Wildman–Crippen MR) is 96.4 cm³/mol. The molecular formula is C19H21ClF2N2O3. The van der Waals surface area contributed by atoms with Crippen molar-refractivity contribution >= 4 is 23.0 Å². The quantitative estimate of drug-likeness (QED) is 0.830. The van der Waals surface area contributed by atoms with Crippen LogP contribution in [0.2, 0.25) is 5.02 Å². The molecule has 1 amide bonds. The number of ether oxygens (including phenoxy) is 1. The van der Waals surface area contributed by atoms with Crippen molar-refractivity contribution in [3.8, 4) is 0 Å². The largest absolute Gasteiger partial charge is 0.379 e. The molecule has 0 radical (unpaired) electrons. The Hall–Kier alpha value is -1.70. The van der Waals surface area contributed by atoms with Crippen molar-refractivity contribution in [3.63, 3.8) is 0 Å². The van der Waals surface area contributed by atoms with Crippen molar-refractivity contribution in [1.29, 1.82) is 0 Å². The number of aliphatic hydroxyl groups is 1. The molecule has 1 aliphatic heterocycles. The van der Waals surface area contributed by atoms with Gasteiger partial charge in [-0.2, -0.15) is 0 Å². The first-order chi connectivity index (χ1) is 12.8. The van der Waals surface area contributed by atoms with Crippen molar-refractivity contribution in [2.75, 3.05) is 19.8 Å². The van der Waals surface area contributed by atoms with E-state index in [0.29, 0.717) is 34.6 Å². The van der Waals surface area contributed by atoms with Gasteiger partial charge in [0.1, 0.15) is 0 Å². The van der Waals surface area contributed by atoms with Crippen molar-refractivity contribution < 1.29 is 23.4 Å².